The number of sulfone groups is 1. The van der Waals surface area contributed by atoms with Crippen LogP contribution in [0, 0.1) is 0 Å². The van der Waals surface area contributed by atoms with Gasteiger partial charge in [0.05, 0.1) is 10.9 Å². The molecule has 2 aromatic heterocycles. The first kappa shape index (κ1) is 21.8. The third-order valence-corrected chi connectivity index (χ3v) is 4.92. The van der Waals surface area contributed by atoms with Crippen molar-refractivity contribution in [3.05, 3.63) is 59.4 Å². The summed E-state index contributed by atoms with van der Waals surface area (Å²) in [6.07, 6.45) is 5.51. The zero-order valence-corrected chi connectivity index (χ0v) is 17.4. The molecule has 1 N–H and O–H groups in total. The Hall–Kier alpha value is -2.50. The van der Waals surface area contributed by atoms with Crippen LogP contribution >= 0.6 is 25.1 Å². The molecule has 12 heteroatoms. The Morgan fingerprint density at radius 1 is 1.18 bits per heavy atom. The molecule has 0 saturated carbocycles. The van der Waals surface area contributed by atoms with Gasteiger partial charge in [-0.15, -0.1) is 0 Å². The fraction of sp³-hybridized carbons (Fsp3) is 0.188. The van der Waals surface area contributed by atoms with Crippen LogP contribution in [-0.4, -0.2) is 45.3 Å². The summed E-state index contributed by atoms with van der Waals surface area (Å²) in [5.41, 5.74) is 0.122. The summed E-state index contributed by atoms with van der Waals surface area (Å²) in [5, 5.41) is 6.97. The quantitative estimate of drug-likeness (QED) is 0.641. The van der Waals surface area contributed by atoms with Crippen LogP contribution in [0.5, 0.6) is 0 Å². The van der Waals surface area contributed by atoms with Crippen LogP contribution in [-0.2, 0) is 9.84 Å². The summed E-state index contributed by atoms with van der Waals surface area (Å²) in [7, 11) is -3.50. The molecule has 0 saturated heterocycles. The van der Waals surface area contributed by atoms with Gasteiger partial charge in [-0.3, -0.25) is 4.79 Å². The SMILES string of the molecule is C[C@@H](NC(=O)c1cc(Cl)cc(S(C)(=O)=O)c1)c1ncnn1-c1ncccn1.S. The second-order valence-corrected chi connectivity index (χ2v) is 8.17. The van der Waals surface area contributed by atoms with Crippen LogP contribution in [0.4, 0.5) is 0 Å². The van der Waals surface area contributed by atoms with Crippen molar-refractivity contribution in [2.45, 2.75) is 17.9 Å². The number of aromatic nitrogens is 5. The molecular formula is C16H17ClN6O3S2. The molecule has 1 atom stereocenters. The number of carbonyl (C=O) groups excluding carboxylic acids is 1. The van der Waals surface area contributed by atoms with Crippen LogP contribution in [0.1, 0.15) is 29.1 Å². The number of carbonyl (C=O) groups is 1. The van der Waals surface area contributed by atoms with E-state index >= 15 is 0 Å². The van der Waals surface area contributed by atoms with Crippen molar-refractivity contribution in [2.75, 3.05) is 6.26 Å². The fourth-order valence-electron chi connectivity index (χ4n) is 2.35. The second-order valence-electron chi connectivity index (χ2n) is 5.72. The molecular weight excluding hydrogens is 424 g/mol. The maximum atomic E-state index is 12.6. The lowest BCUT2D eigenvalue weighted by molar-refractivity contribution is 0.0937. The van der Waals surface area contributed by atoms with Gasteiger partial charge in [0, 0.05) is 29.2 Å². The maximum Gasteiger partial charge on any atom is 0.252 e. The molecule has 3 aromatic rings. The smallest absolute Gasteiger partial charge is 0.252 e. The molecule has 1 aromatic carbocycles. The Kier molecular flexibility index (Phi) is 6.75. The van der Waals surface area contributed by atoms with Gasteiger partial charge >= 0.3 is 0 Å². The second kappa shape index (κ2) is 8.67. The molecule has 0 spiro atoms. The van der Waals surface area contributed by atoms with Crippen molar-refractivity contribution in [1.82, 2.24) is 30.0 Å². The third-order valence-electron chi connectivity index (χ3n) is 3.61. The van der Waals surface area contributed by atoms with Crippen LogP contribution < -0.4 is 5.32 Å². The first-order valence-electron chi connectivity index (χ1n) is 7.74. The highest BCUT2D eigenvalue weighted by atomic mass is 35.5. The number of nitrogens with zero attached hydrogens (tertiary/aromatic N) is 5. The first-order valence-corrected chi connectivity index (χ1v) is 10.0. The minimum Gasteiger partial charge on any atom is -0.342 e. The first-order chi connectivity index (χ1) is 12.8. The molecule has 1 amide bonds. The maximum absolute atomic E-state index is 12.6. The van der Waals surface area contributed by atoms with Gasteiger partial charge in [0.15, 0.2) is 15.7 Å². The predicted octanol–water partition coefficient (Wildman–Crippen LogP) is 1.72. The van der Waals surface area contributed by atoms with Crippen LogP contribution in [0.25, 0.3) is 5.95 Å². The molecule has 0 aliphatic carbocycles. The van der Waals surface area contributed by atoms with E-state index in [4.69, 9.17) is 11.6 Å². The van der Waals surface area contributed by atoms with E-state index in [0.717, 1.165) is 6.26 Å². The molecule has 148 valence electrons. The standard InChI is InChI=1S/C16H15ClN6O3S.H2S/c1-10(14-20-9-21-23(14)16-18-4-3-5-19-16)22-15(24)11-6-12(17)8-13(7-11)27(2,25)26;/h3-10H,1-2H3,(H,22,24);1H2/t10-;/m1./s1. The van der Waals surface area contributed by atoms with E-state index in [0.29, 0.717) is 11.8 Å². The topological polar surface area (TPSA) is 120 Å². The minimum absolute atomic E-state index is 0. The van der Waals surface area contributed by atoms with E-state index in [-0.39, 0.29) is 29.0 Å². The van der Waals surface area contributed by atoms with Crippen molar-refractivity contribution in [2.24, 2.45) is 0 Å². The summed E-state index contributed by atoms with van der Waals surface area (Å²) in [5.74, 6) is 0.228. The zero-order valence-electron chi connectivity index (χ0n) is 14.9. The van der Waals surface area contributed by atoms with Crippen molar-refractivity contribution in [3.8, 4) is 5.95 Å². The van der Waals surface area contributed by atoms with Gasteiger partial charge in [0.1, 0.15) is 6.33 Å². The Balaban J connectivity index is 0.00000280. The van der Waals surface area contributed by atoms with Gasteiger partial charge in [-0.25, -0.2) is 23.4 Å². The lowest BCUT2D eigenvalue weighted by Gasteiger charge is -2.14. The molecule has 0 aliphatic heterocycles. The molecule has 0 aliphatic rings. The van der Waals surface area contributed by atoms with E-state index in [9.17, 15) is 13.2 Å². The summed E-state index contributed by atoms with van der Waals surface area (Å²) < 4.78 is 24.9. The van der Waals surface area contributed by atoms with Crippen molar-refractivity contribution >= 4 is 40.8 Å². The molecule has 2 heterocycles. The Bertz CT molecular complexity index is 1090. The lowest BCUT2D eigenvalue weighted by atomic mass is 10.2. The summed E-state index contributed by atoms with van der Waals surface area (Å²) in [6, 6.07) is 5.08. The third kappa shape index (κ3) is 4.86. The Morgan fingerprint density at radius 2 is 1.86 bits per heavy atom. The molecule has 0 radical (unpaired) electrons. The van der Waals surface area contributed by atoms with Gasteiger partial charge < -0.3 is 5.32 Å². The Morgan fingerprint density at radius 3 is 2.50 bits per heavy atom. The number of hydrogen-bond acceptors (Lipinski definition) is 7. The number of halogens is 1. The summed E-state index contributed by atoms with van der Waals surface area (Å²) in [6.45, 7) is 1.71. The van der Waals surface area contributed by atoms with Gasteiger partial charge in [0.25, 0.3) is 11.9 Å². The molecule has 0 bridgehead atoms. The zero-order chi connectivity index (χ0) is 19.6. The molecule has 28 heavy (non-hydrogen) atoms. The molecule has 0 fully saturated rings. The van der Waals surface area contributed by atoms with E-state index in [1.807, 2.05) is 0 Å². The highest BCUT2D eigenvalue weighted by Gasteiger charge is 2.20. The van der Waals surface area contributed by atoms with Gasteiger partial charge in [-0.2, -0.15) is 23.3 Å². The van der Waals surface area contributed by atoms with Crippen LogP contribution in [0.15, 0.2) is 47.9 Å². The average Bonchev–Trinajstić information content (AvgIpc) is 3.11. The number of amides is 1. The normalized spacial score (nSPS) is 12.1. The number of nitrogens with one attached hydrogen (secondary N) is 1. The monoisotopic (exact) mass is 440 g/mol. The highest BCUT2D eigenvalue weighted by molar-refractivity contribution is 7.90. The Labute approximate surface area is 173 Å². The van der Waals surface area contributed by atoms with E-state index in [1.54, 1.807) is 25.4 Å². The van der Waals surface area contributed by atoms with E-state index in [1.165, 1.54) is 29.2 Å². The van der Waals surface area contributed by atoms with E-state index < -0.39 is 21.8 Å². The molecule has 0 unspecified atom stereocenters. The lowest BCUT2D eigenvalue weighted by Crippen LogP contribution is -2.29. The van der Waals surface area contributed by atoms with Crippen LogP contribution in [0.2, 0.25) is 5.02 Å². The van der Waals surface area contributed by atoms with Crippen molar-refractivity contribution in [3.63, 3.8) is 0 Å². The van der Waals surface area contributed by atoms with Gasteiger partial charge in [-0.05, 0) is 31.2 Å². The number of benzene rings is 1. The summed E-state index contributed by atoms with van der Waals surface area (Å²) in [4.78, 5) is 24.9. The molecule has 9 nitrogen and oxygen atoms in total. The van der Waals surface area contributed by atoms with Crippen LogP contribution in [0.3, 0.4) is 0 Å². The summed E-state index contributed by atoms with van der Waals surface area (Å²) >= 11 is 5.95. The van der Waals surface area contributed by atoms with E-state index in [2.05, 4.69) is 25.4 Å². The number of rotatable bonds is 5. The molecule has 3 rings (SSSR count). The highest BCUT2D eigenvalue weighted by Crippen LogP contribution is 2.20. The largest absolute Gasteiger partial charge is 0.342 e. The van der Waals surface area contributed by atoms with Gasteiger partial charge in [0.2, 0.25) is 0 Å². The average molecular weight is 441 g/mol. The van der Waals surface area contributed by atoms with Crippen molar-refractivity contribution < 1.29 is 13.2 Å². The number of hydrogen-bond donors (Lipinski definition) is 1. The predicted molar refractivity (Wildman–Crippen MR) is 108 cm³/mol. The van der Waals surface area contributed by atoms with Crippen molar-refractivity contribution in [1.29, 1.82) is 0 Å². The minimum atomic E-state index is -3.50. The fourth-order valence-corrected chi connectivity index (χ4v) is 3.33. The van der Waals surface area contributed by atoms with Gasteiger partial charge in [-0.1, -0.05) is 11.6 Å².